The normalized spacial score (nSPS) is 31.8. The molecule has 2 aliphatic heterocycles. The predicted octanol–water partition coefficient (Wildman–Crippen LogP) is 0.298. The van der Waals surface area contributed by atoms with Gasteiger partial charge in [-0.15, -0.1) is 0 Å². The number of ether oxygens (including phenoxy) is 1. The van der Waals surface area contributed by atoms with Crippen LogP contribution in [0.4, 0.5) is 11.5 Å². The Labute approximate surface area is 143 Å². The van der Waals surface area contributed by atoms with E-state index in [2.05, 4.69) is 33.8 Å². The highest BCUT2D eigenvalue weighted by atomic mass is 16.6. The second-order valence-corrected chi connectivity index (χ2v) is 6.46. The third kappa shape index (κ3) is 2.17. The molecule has 0 aromatic carbocycles. The van der Waals surface area contributed by atoms with Crippen molar-refractivity contribution >= 4 is 22.5 Å². The summed E-state index contributed by atoms with van der Waals surface area (Å²) in [6, 6.07) is 0. The molecule has 1 saturated heterocycles. The molecule has 0 radical (unpaired) electrons. The lowest BCUT2D eigenvalue weighted by atomic mass is 9.96. The molecule has 0 bridgehead atoms. The minimum Gasteiger partial charge on any atom is -0.394 e. The van der Waals surface area contributed by atoms with E-state index < -0.39 is 30.6 Å². The van der Waals surface area contributed by atoms with Crippen molar-refractivity contribution in [2.75, 3.05) is 17.2 Å². The highest BCUT2D eigenvalue weighted by Crippen LogP contribution is 2.43. The van der Waals surface area contributed by atoms with Crippen molar-refractivity contribution in [3.05, 3.63) is 37.1 Å². The molecule has 2 aromatic rings. The highest BCUT2D eigenvalue weighted by molar-refractivity contribution is 6.01. The summed E-state index contributed by atoms with van der Waals surface area (Å²) in [5.41, 5.74) is 0.716. The van der Waals surface area contributed by atoms with Crippen LogP contribution in [0.5, 0.6) is 0 Å². The lowest BCUT2D eigenvalue weighted by molar-refractivity contribution is -0.0947. The number of nitrogens with zero attached hydrogens (tertiary/aromatic N) is 3. The maximum atomic E-state index is 10.7. The molecule has 0 unspecified atom stereocenters. The predicted molar refractivity (Wildman–Crippen MR) is 90.7 cm³/mol. The standard InChI is InChI=1S/C16H19N5O4/c1-7-8(2)20-13-11-9(19-7)4-21(14(11)18-6-17-13)15-16(3,24)12(23)10(5-22)25-15/h4,6,10,12,15,19,22-24H,1-2,5H2,3H3,(H,17,18,20)/t10-,12-,15-,16+/m1/s1. The quantitative estimate of drug-likeness (QED) is 0.526. The van der Waals surface area contributed by atoms with Crippen molar-refractivity contribution in [2.24, 2.45) is 0 Å². The van der Waals surface area contributed by atoms with Gasteiger partial charge >= 0.3 is 0 Å². The zero-order valence-electron chi connectivity index (χ0n) is 13.6. The summed E-state index contributed by atoms with van der Waals surface area (Å²) in [5.74, 6) is 0.548. The Balaban J connectivity index is 1.90. The molecular formula is C16H19N5O4. The van der Waals surface area contributed by atoms with Gasteiger partial charge in [-0.05, 0) is 6.92 Å². The summed E-state index contributed by atoms with van der Waals surface area (Å²) in [6.07, 6.45) is 0.0290. The van der Waals surface area contributed by atoms with Gasteiger partial charge in [0.25, 0.3) is 0 Å². The average molecular weight is 345 g/mol. The fourth-order valence-corrected chi connectivity index (χ4v) is 3.30. The maximum absolute atomic E-state index is 10.7. The van der Waals surface area contributed by atoms with Crippen LogP contribution in [0.25, 0.3) is 11.0 Å². The second-order valence-electron chi connectivity index (χ2n) is 6.46. The monoisotopic (exact) mass is 345 g/mol. The van der Waals surface area contributed by atoms with E-state index in [0.29, 0.717) is 33.9 Å². The van der Waals surface area contributed by atoms with Gasteiger partial charge in [0, 0.05) is 6.20 Å². The first-order valence-electron chi connectivity index (χ1n) is 7.79. The van der Waals surface area contributed by atoms with E-state index in [1.54, 1.807) is 10.8 Å². The molecule has 2 aromatic heterocycles. The summed E-state index contributed by atoms with van der Waals surface area (Å²) < 4.78 is 7.31. The van der Waals surface area contributed by atoms with Crippen LogP contribution < -0.4 is 10.6 Å². The van der Waals surface area contributed by atoms with Gasteiger partial charge in [0.15, 0.2) is 6.23 Å². The van der Waals surface area contributed by atoms with Crippen LogP contribution in [0.2, 0.25) is 0 Å². The maximum Gasteiger partial charge on any atom is 0.167 e. The van der Waals surface area contributed by atoms with Crippen molar-refractivity contribution in [1.82, 2.24) is 14.5 Å². The van der Waals surface area contributed by atoms with Crippen LogP contribution in [0, 0.1) is 0 Å². The zero-order valence-corrected chi connectivity index (χ0v) is 13.6. The van der Waals surface area contributed by atoms with Crippen LogP contribution in [0.15, 0.2) is 37.1 Å². The van der Waals surface area contributed by atoms with Crippen LogP contribution in [0.1, 0.15) is 13.2 Å². The molecule has 0 spiro atoms. The lowest BCUT2D eigenvalue weighted by Crippen LogP contribution is -2.44. The molecule has 4 atom stereocenters. The van der Waals surface area contributed by atoms with Crippen molar-refractivity contribution in [3.8, 4) is 0 Å². The van der Waals surface area contributed by atoms with E-state index >= 15 is 0 Å². The molecule has 4 rings (SSSR count). The number of aromatic nitrogens is 3. The summed E-state index contributed by atoms with van der Waals surface area (Å²) in [7, 11) is 0. The summed E-state index contributed by atoms with van der Waals surface area (Å²) in [5, 5.41) is 37.3. The van der Waals surface area contributed by atoms with E-state index in [1.165, 1.54) is 13.3 Å². The van der Waals surface area contributed by atoms with E-state index in [9.17, 15) is 15.3 Å². The van der Waals surface area contributed by atoms with Crippen molar-refractivity contribution in [1.29, 1.82) is 0 Å². The molecule has 9 nitrogen and oxygen atoms in total. The van der Waals surface area contributed by atoms with Crippen molar-refractivity contribution < 1.29 is 20.1 Å². The molecule has 132 valence electrons. The van der Waals surface area contributed by atoms with E-state index in [0.717, 1.165) is 0 Å². The number of aliphatic hydroxyl groups is 3. The Morgan fingerprint density at radius 2 is 2.04 bits per heavy atom. The Morgan fingerprint density at radius 1 is 1.32 bits per heavy atom. The summed E-state index contributed by atoms with van der Waals surface area (Å²) >= 11 is 0. The molecule has 4 heterocycles. The molecule has 0 aliphatic carbocycles. The minimum atomic E-state index is -1.61. The largest absolute Gasteiger partial charge is 0.394 e. The third-order valence-electron chi connectivity index (χ3n) is 4.72. The Morgan fingerprint density at radius 3 is 2.72 bits per heavy atom. The van der Waals surface area contributed by atoms with Crippen LogP contribution in [-0.4, -0.2) is 54.3 Å². The van der Waals surface area contributed by atoms with E-state index in [1.807, 2.05) is 0 Å². The molecule has 5 N–H and O–H groups in total. The molecule has 2 aliphatic rings. The number of hydrogen-bond acceptors (Lipinski definition) is 8. The Hall–Kier alpha value is -2.46. The topological polar surface area (TPSA) is 125 Å². The lowest BCUT2D eigenvalue weighted by Gasteiger charge is -2.27. The zero-order chi connectivity index (χ0) is 17.9. The molecule has 9 heteroatoms. The van der Waals surface area contributed by atoms with E-state index in [4.69, 9.17) is 4.74 Å². The number of hydrogen-bond donors (Lipinski definition) is 5. The number of rotatable bonds is 2. The smallest absolute Gasteiger partial charge is 0.167 e. The number of nitrogens with one attached hydrogen (secondary N) is 2. The fraction of sp³-hybridized carbons (Fsp3) is 0.375. The van der Waals surface area contributed by atoms with Gasteiger partial charge < -0.3 is 35.3 Å². The van der Waals surface area contributed by atoms with Crippen LogP contribution >= 0.6 is 0 Å². The first-order chi connectivity index (χ1) is 11.8. The van der Waals surface area contributed by atoms with Crippen LogP contribution in [-0.2, 0) is 4.74 Å². The summed E-state index contributed by atoms with van der Waals surface area (Å²) in [6.45, 7) is 8.86. The second kappa shape index (κ2) is 5.27. The fourth-order valence-electron chi connectivity index (χ4n) is 3.30. The number of aliphatic hydroxyl groups excluding tert-OH is 2. The Kier molecular flexibility index (Phi) is 3.38. The van der Waals surface area contributed by atoms with E-state index in [-0.39, 0.29) is 0 Å². The third-order valence-corrected chi connectivity index (χ3v) is 4.72. The van der Waals surface area contributed by atoms with Gasteiger partial charge in [-0.25, -0.2) is 9.97 Å². The number of anilines is 2. The molecular weight excluding hydrogens is 326 g/mol. The SMILES string of the molecule is C=C1Nc2cn([C@@H]3O[C@H](CO)[C@@H](O)[C@]3(C)O)c3ncnc(c23)NC1=C. The highest BCUT2D eigenvalue weighted by Gasteiger charge is 2.53. The first kappa shape index (κ1) is 16.0. The minimum absolute atomic E-state index is 0.406. The molecule has 1 fully saturated rings. The average Bonchev–Trinajstić information content (AvgIpc) is 2.99. The van der Waals surface area contributed by atoms with Gasteiger partial charge in [0.2, 0.25) is 0 Å². The van der Waals surface area contributed by atoms with Crippen molar-refractivity contribution in [2.45, 2.75) is 31.0 Å². The van der Waals surface area contributed by atoms with Gasteiger partial charge in [0.1, 0.15) is 35.6 Å². The van der Waals surface area contributed by atoms with Gasteiger partial charge in [-0.3, -0.25) is 0 Å². The molecule has 0 saturated carbocycles. The summed E-state index contributed by atoms with van der Waals surface area (Å²) in [4.78, 5) is 8.53. The van der Waals surface area contributed by atoms with Gasteiger partial charge in [-0.1, -0.05) is 13.2 Å². The van der Waals surface area contributed by atoms with Crippen LogP contribution in [0.3, 0.4) is 0 Å². The van der Waals surface area contributed by atoms with Crippen molar-refractivity contribution in [3.63, 3.8) is 0 Å². The molecule has 0 amide bonds. The first-order valence-corrected chi connectivity index (χ1v) is 7.79. The molecule has 25 heavy (non-hydrogen) atoms. The van der Waals surface area contributed by atoms with Gasteiger partial charge in [-0.2, -0.15) is 0 Å². The Bertz CT molecular complexity index is 890. The van der Waals surface area contributed by atoms with Gasteiger partial charge in [0.05, 0.1) is 29.1 Å².